The van der Waals surface area contributed by atoms with Gasteiger partial charge in [-0.15, -0.1) is 0 Å². The number of halogens is 1. The van der Waals surface area contributed by atoms with Crippen molar-refractivity contribution in [3.8, 4) is 0 Å². The molecule has 152 valence electrons. The minimum absolute atomic E-state index is 0.323. The number of rotatable bonds is 7. The van der Waals surface area contributed by atoms with Gasteiger partial charge < -0.3 is 15.0 Å². The maximum atomic E-state index is 12.3. The van der Waals surface area contributed by atoms with Gasteiger partial charge in [-0.05, 0) is 30.2 Å². The van der Waals surface area contributed by atoms with Crippen LogP contribution in [0.5, 0.6) is 0 Å². The highest BCUT2D eigenvalue weighted by Crippen LogP contribution is 2.28. The lowest BCUT2D eigenvalue weighted by molar-refractivity contribution is 0.0685. The Labute approximate surface area is 180 Å². The fourth-order valence-corrected chi connectivity index (χ4v) is 4.01. The first kappa shape index (κ1) is 20.2. The number of aromatic nitrogens is 1. The minimum atomic E-state index is -0.923. The van der Waals surface area contributed by atoms with Crippen LogP contribution in [0.1, 0.15) is 32.7 Å². The van der Waals surface area contributed by atoms with Crippen LogP contribution < -0.4 is 5.32 Å². The average molecular weight is 419 g/mol. The van der Waals surface area contributed by atoms with Crippen LogP contribution in [-0.2, 0) is 19.6 Å². The number of carboxylic acid groups (broad SMARTS) is 1. The number of carbonyl (C=O) groups is 1. The van der Waals surface area contributed by atoms with Crippen LogP contribution in [0.2, 0.25) is 5.02 Å². The Balaban J connectivity index is 1.70. The van der Waals surface area contributed by atoms with Crippen molar-refractivity contribution in [3.05, 3.63) is 106 Å². The molecule has 1 heterocycles. The SMILES string of the molecule is Cc1ccc(Cn2c(C(=O)O)c(CNCc3ccccc3Cl)c3ccccc32)cc1. The maximum Gasteiger partial charge on any atom is 0.352 e. The van der Waals surface area contributed by atoms with E-state index in [0.29, 0.717) is 30.4 Å². The first-order valence-corrected chi connectivity index (χ1v) is 10.3. The Morgan fingerprint density at radius 1 is 0.967 bits per heavy atom. The maximum absolute atomic E-state index is 12.3. The number of nitrogens with zero attached hydrogens (tertiary/aromatic N) is 1. The molecule has 4 nitrogen and oxygen atoms in total. The summed E-state index contributed by atoms with van der Waals surface area (Å²) in [6.07, 6.45) is 0. The van der Waals surface area contributed by atoms with E-state index in [1.54, 1.807) is 0 Å². The number of aromatic carboxylic acids is 1. The third-order valence-corrected chi connectivity index (χ3v) is 5.68. The van der Waals surface area contributed by atoms with Crippen LogP contribution in [-0.4, -0.2) is 15.6 Å². The zero-order valence-corrected chi connectivity index (χ0v) is 17.5. The lowest BCUT2D eigenvalue weighted by atomic mass is 10.1. The van der Waals surface area contributed by atoms with Gasteiger partial charge in [0, 0.05) is 41.1 Å². The summed E-state index contributed by atoms with van der Waals surface area (Å²) in [7, 11) is 0. The van der Waals surface area contributed by atoms with Crippen LogP contribution in [0.15, 0.2) is 72.8 Å². The summed E-state index contributed by atoms with van der Waals surface area (Å²) in [6, 6.07) is 23.7. The number of carboxylic acids is 1. The van der Waals surface area contributed by atoms with Gasteiger partial charge in [0.2, 0.25) is 0 Å². The number of benzene rings is 3. The van der Waals surface area contributed by atoms with Gasteiger partial charge in [0.25, 0.3) is 0 Å². The number of fused-ring (bicyclic) bond motifs is 1. The highest BCUT2D eigenvalue weighted by molar-refractivity contribution is 6.31. The fraction of sp³-hybridized carbons (Fsp3) is 0.160. The smallest absolute Gasteiger partial charge is 0.352 e. The quantitative estimate of drug-likeness (QED) is 0.408. The van der Waals surface area contributed by atoms with Gasteiger partial charge in [-0.3, -0.25) is 0 Å². The first-order chi connectivity index (χ1) is 14.5. The molecule has 0 radical (unpaired) electrons. The number of hydrogen-bond acceptors (Lipinski definition) is 2. The van der Waals surface area contributed by atoms with E-state index in [9.17, 15) is 9.90 Å². The van der Waals surface area contributed by atoms with E-state index in [1.165, 1.54) is 5.56 Å². The van der Waals surface area contributed by atoms with Gasteiger partial charge >= 0.3 is 5.97 Å². The molecule has 0 spiro atoms. The van der Waals surface area contributed by atoms with Crippen LogP contribution in [0, 0.1) is 6.92 Å². The standard InChI is InChI=1S/C25H23ClN2O2/c1-17-10-12-18(13-11-17)16-28-23-9-5-3-7-20(23)21(24(28)25(29)30)15-27-14-19-6-2-4-8-22(19)26/h2-13,27H,14-16H2,1H3,(H,29,30). The summed E-state index contributed by atoms with van der Waals surface area (Å²) in [5.74, 6) is -0.923. The van der Waals surface area contributed by atoms with Crippen LogP contribution >= 0.6 is 11.6 Å². The van der Waals surface area contributed by atoms with Crippen molar-refractivity contribution >= 4 is 28.5 Å². The molecule has 0 bridgehead atoms. The third-order valence-electron chi connectivity index (χ3n) is 5.31. The van der Waals surface area contributed by atoms with E-state index in [2.05, 4.69) is 5.32 Å². The molecule has 0 unspecified atom stereocenters. The monoisotopic (exact) mass is 418 g/mol. The molecule has 0 fully saturated rings. The molecule has 0 saturated carbocycles. The van der Waals surface area contributed by atoms with E-state index in [-0.39, 0.29) is 0 Å². The predicted octanol–water partition coefficient (Wildman–Crippen LogP) is 5.64. The molecule has 0 saturated heterocycles. The highest BCUT2D eigenvalue weighted by atomic mass is 35.5. The molecule has 1 aromatic heterocycles. The molecule has 4 rings (SSSR count). The summed E-state index contributed by atoms with van der Waals surface area (Å²) < 4.78 is 1.90. The van der Waals surface area contributed by atoms with Crippen molar-refractivity contribution < 1.29 is 9.90 Å². The molecule has 0 atom stereocenters. The summed E-state index contributed by atoms with van der Waals surface area (Å²) in [5, 5.41) is 15.1. The van der Waals surface area contributed by atoms with Gasteiger partial charge in [-0.1, -0.05) is 77.8 Å². The lowest BCUT2D eigenvalue weighted by Crippen LogP contribution is -2.17. The van der Waals surface area contributed by atoms with Crippen molar-refractivity contribution in [1.29, 1.82) is 0 Å². The van der Waals surface area contributed by atoms with Crippen LogP contribution in [0.25, 0.3) is 10.9 Å². The summed E-state index contributed by atoms with van der Waals surface area (Å²) >= 11 is 6.25. The van der Waals surface area contributed by atoms with Crippen molar-refractivity contribution in [3.63, 3.8) is 0 Å². The molecule has 30 heavy (non-hydrogen) atoms. The Kier molecular flexibility index (Phi) is 5.88. The summed E-state index contributed by atoms with van der Waals surface area (Å²) in [5.41, 5.74) is 5.27. The van der Waals surface area contributed by atoms with Crippen molar-refractivity contribution in [2.24, 2.45) is 0 Å². The zero-order chi connectivity index (χ0) is 21.1. The second-order valence-electron chi connectivity index (χ2n) is 7.42. The van der Waals surface area contributed by atoms with Gasteiger partial charge in [-0.25, -0.2) is 4.79 Å². The molecule has 2 N–H and O–H groups in total. The van der Waals surface area contributed by atoms with Gasteiger partial charge in [0.05, 0.1) is 0 Å². The number of hydrogen-bond donors (Lipinski definition) is 2. The number of aryl methyl sites for hydroxylation is 1. The topological polar surface area (TPSA) is 54.3 Å². The molecule has 4 aromatic rings. The zero-order valence-electron chi connectivity index (χ0n) is 16.7. The molecule has 0 aliphatic carbocycles. The molecular formula is C25H23ClN2O2. The molecule has 5 heteroatoms. The normalized spacial score (nSPS) is 11.1. The van der Waals surface area contributed by atoms with Gasteiger partial charge in [0.15, 0.2) is 0 Å². The molecule has 0 aliphatic heterocycles. The summed E-state index contributed by atoms with van der Waals surface area (Å²) in [6.45, 7) is 3.55. The van der Waals surface area contributed by atoms with Crippen molar-refractivity contribution in [1.82, 2.24) is 9.88 Å². The fourth-order valence-electron chi connectivity index (χ4n) is 3.80. The Hall–Kier alpha value is -3.08. The molecule has 3 aromatic carbocycles. The lowest BCUT2D eigenvalue weighted by Gasteiger charge is -2.11. The Morgan fingerprint density at radius 3 is 2.40 bits per heavy atom. The number of para-hydroxylation sites is 1. The predicted molar refractivity (Wildman–Crippen MR) is 121 cm³/mol. The van der Waals surface area contributed by atoms with E-state index in [1.807, 2.05) is 84.3 Å². The highest BCUT2D eigenvalue weighted by Gasteiger charge is 2.22. The third kappa shape index (κ3) is 4.11. The van der Waals surface area contributed by atoms with Crippen LogP contribution in [0.3, 0.4) is 0 Å². The second kappa shape index (κ2) is 8.74. The van der Waals surface area contributed by atoms with E-state index in [0.717, 1.165) is 27.6 Å². The van der Waals surface area contributed by atoms with E-state index < -0.39 is 5.97 Å². The minimum Gasteiger partial charge on any atom is -0.477 e. The van der Waals surface area contributed by atoms with Gasteiger partial charge in [0.1, 0.15) is 5.69 Å². The van der Waals surface area contributed by atoms with Crippen molar-refractivity contribution in [2.75, 3.05) is 0 Å². The van der Waals surface area contributed by atoms with E-state index >= 15 is 0 Å². The average Bonchev–Trinajstić information content (AvgIpc) is 3.05. The van der Waals surface area contributed by atoms with Gasteiger partial charge in [-0.2, -0.15) is 0 Å². The molecular weight excluding hydrogens is 396 g/mol. The summed E-state index contributed by atoms with van der Waals surface area (Å²) in [4.78, 5) is 12.3. The Bertz CT molecular complexity index is 1200. The largest absolute Gasteiger partial charge is 0.477 e. The number of nitrogens with one attached hydrogen (secondary N) is 1. The van der Waals surface area contributed by atoms with Crippen LogP contribution in [0.4, 0.5) is 0 Å². The second-order valence-corrected chi connectivity index (χ2v) is 7.82. The van der Waals surface area contributed by atoms with Crippen molar-refractivity contribution in [2.45, 2.75) is 26.6 Å². The first-order valence-electron chi connectivity index (χ1n) is 9.87. The molecule has 0 aliphatic rings. The molecule has 0 amide bonds. The van der Waals surface area contributed by atoms with E-state index in [4.69, 9.17) is 11.6 Å². The Morgan fingerprint density at radius 2 is 1.67 bits per heavy atom.